The lowest BCUT2D eigenvalue weighted by atomic mass is 9.65. The van der Waals surface area contributed by atoms with E-state index >= 15 is 0 Å². The molecule has 2 aliphatic rings. The number of hydrogen-bond donors (Lipinski definition) is 2. The molecule has 4 heteroatoms. The number of carbonyl (C=O) groups excluding carboxylic acids is 1. The number of rotatable bonds is 5. The minimum atomic E-state index is -0.187. The molecule has 1 aliphatic heterocycles. The van der Waals surface area contributed by atoms with Crippen LogP contribution in [0.4, 0.5) is 0 Å². The summed E-state index contributed by atoms with van der Waals surface area (Å²) < 4.78 is 5.35. The first-order valence-electron chi connectivity index (χ1n) is 7.90. The monoisotopic (exact) mass is 288 g/mol. The van der Waals surface area contributed by atoms with Gasteiger partial charge in [0, 0.05) is 13.1 Å². The molecule has 3 rings (SSSR count). The van der Waals surface area contributed by atoms with E-state index in [1.54, 1.807) is 0 Å². The van der Waals surface area contributed by atoms with Crippen LogP contribution in [0, 0.1) is 5.41 Å². The molecule has 1 aromatic rings. The second-order valence-corrected chi connectivity index (χ2v) is 6.32. The molecule has 0 aromatic heterocycles. The van der Waals surface area contributed by atoms with E-state index in [0.29, 0.717) is 13.2 Å². The number of benzene rings is 1. The molecule has 1 saturated heterocycles. The Morgan fingerprint density at radius 3 is 2.76 bits per heavy atom. The van der Waals surface area contributed by atoms with Crippen molar-refractivity contribution in [1.82, 2.24) is 10.6 Å². The van der Waals surface area contributed by atoms with Gasteiger partial charge >= 0.3 is 0 Å². The highest BCUT2D eigenvalue weighted by atomic mass is 16.5. The minimum Gasteiger partial charge on any atom is -0.378 e. The van der Waals surface area contributed by atoms with Gasteiger partial charge in [0.1, 0.15) is 6.04 Å². The van der Waals surface area contributed by atoms with Crippen LogP contribution < -0.4 is 10.6 Å². The van der Waals surface area contributed by atoms with Crippen molar-refractivity contribution in [2.45, 2.75) is 31.7 Å². The predicted molar refractivity (Wildman–Crippen MR) is 82.0 cm³/mol. The van der Waals surface area contributed by atoms with E-state index < -0.39 is 0 Å². The second kappa shape index (κ2) is 6.58. The predicted octanol–water partition coefficient (Wildman–Crippen LogP) is 1.50. The van der Waals surface area contributed by atoms with Crippen molar-refractivity contribution in [1.29, 1.82) is 0 Å². The molecule has 21 heavy (non-hydrogen) atoms. The maximum absolute atomic E-state index is 12.2. The Hall–Kier alpha value is -1.39. The zero-order valence-electron chi connectivity index (χ0n) is 12.4. The summed E-state index contributed by atoms with van der Waals surface area (Å²) in [7, 11) is 0. The van der Waals surface area contributed by atoms with E-state index in [1.807, 2.05) is 6.07 Å². The highest BCUT2D eigenvalue weighted by molar-refractivity contribution is 5.82. The van der Waals surface area contributed by atoms with E-state index in [9.17, 15) is 4.79 Å². The van der Waals surface area contributed by atoms with Gasteiger partial charge in [-0.3, -0.25) is 4.79 Å². The maximum Gasteiger partial charge on any atom is 0.239 e. The average molecular weight is 288 g/mol. The fourth-order valence-corrected chi connectivity index (χ4v) is 3.25. The number of morpholine rings is 1. The summed E-state index contributed by atoms with van der Waals surface area (Å²) in [5.41, 5.74) is 1.62. The highest BCUT2D eigenvalue weighted by Crippen LogP contribution is 2.43. The Morgan fingerprint density at radius 2 is 2.14 bits per heavy atom. The quantitative estimate of drug-likeness (QED) is 0.863. The molecule has 0 spiro atoms. The van der Waals surface area contributed by atoms with E-state index in [-0.39, 0.29) is 17.4 Å². The van der Waals surface area contributed by atoms with Gasteiger partial charge in [-0.1, -0.05) is 36.8 Å². The van der Waals surface area contributed by atoms with Gasteiger partial charge in [-0.15, -0.1) is 0 Å². The van der Waals surface area contributed by atoms with Gasteiger partial charge in [0.25, 0.3) is 0 Å². The van der Waals surface area contributed by atoms with Crippen LogP contribution in [0.5, 0.6) is 0 Å². The fraction of sp³-hybridized carbons (Fsp3) is 0.588. The first-order chi connectivity index (χ1) is 10.3. The van der Waals surface area contributed by atoms with Crippen LogP contribution in [0.3, 0.4) is 0 Å². The third kappa shape index (κ3) is 3.63. The lowest BCUT2D eigenvalue weighted by Gasteiger charge is -2.42. The van der Waals surface area contributed by atoms with Crippen LogP contribution in [0.25, 0.3) is 0 Å². The molecular formula is C17H24N2O2. The van der Waals surface area contributed by atoms with Gasteiger partial charge in [-0.2, -0.15) is 0 Å². The van der Waals surface area contributed by atoms with Gasteiger partial charge in [0.2, 0.25) is 5.91 Å². The lowest BCUT2D eigenvalue weighted by molar-refractivity contribution is -0.126. The molecule has 4 nitrogen and oxygen atoms in total. The van der Waals surface area contributed by atoms with Crippen LogP contribution in [-0.4, -0.2) is 38.3 Å². The minimum absolute atomic E-state index is 0.0778. The molecule has 1 amide bonds. The van der Waals surface area contributed by atoms with Crippen LogP contribution in [0.1, 0.15) is 24.8 Å². The van der Waals surface area contributed by atoms with Gasteiger partial charge in [0.05, 0.1) is 13.2 Å². The lowest BCUT2D eigenvalue weighted by Crippen LogP contribution is -2.54. The molecular weight excluding hydrogens is 264 g/mol. The summed E-state index contributed by atoms with van der Waals surface area (Å²) in [5, 5.41) is 6.34. The highest BCUT2D eigenvalue weighted by Gasteiger charge is 2.37. The molecule has 1 unspecified atom stereocenters. The van der Waals surface area contributed by atoms with Crippen LogP contribution in [-0.2, 0) is 16.0 Å². The number of nitrogens with one attached hydrogen (secondary N) is 2. The summed E-state index contributed by atoms with van der Waals surface area (Å²) in [6, 6.07) is 10.4. The topological polar surface area (TPSA) is 50.4 Å². The SMILES string of the molecule is O=C(NCC1(Cc2ccccc2)CCC1)C1COCCN1. The average Bonchev–Trinajstić information content (AvgIpc) is 2.51. The van der Waals surface area contributed by atoms with E-state index in [1.165, 1.54) is 24.8 Å². The molecule has 114 valence electrons. The molecule has 1 heterocycles. The first-order valence-corrected chi connectivity index (χ1v) is 7.90. The number of hydrogen-bond acceptors (Lipinski definition) is 3. The van der Waals surface area contributed by atoms with E-state index in [2.05, 4.69) is 34.9 Å². The number of amides is 1. The van der Waals surface area contributed by atoms with Gasteiger partial charge in [-0.25, -0.2) is 0 Å². The third-order valence-corrected chi connectivity index (χ3v) is 4.71. The standard InChI is InChI=1S/C17H24N2O2/c20-16(15-12-21-10-9-18-15)19-13-17(7-4-8-17)11-14-5-2-1-3-6-14/h1-3,5-6,15,18H,4,7-13H2,(H,19,20). The smallest absolute Gasteiger partial charge is 0.239 e. The van der Waals surface area contributed by atoms with E-state index in [0.717, 1.165) is 19.5 Å². The van der Waals surface area contributed by atoms with Crippen molar-refractivity contribution in [3.63, 3.8) is 0 Å². The van der Waals surface area contributed by atoms with Crippen molar-refractivity contribution in [3.8, 4) is 0 Å². The van der Waals surface area contributed by atoms with Crippen molar-refractivity contribution < 1.29 is 9.53 Å². The number of carbonyl (C=O) groups is 1. The maximum atomic E-state index is 12.2. The van der Waals surface area contributed by atoms with Crippen LogP contribution >= 0.6 is 0 Å². The molecule has 1 saturated carbocycles. The molecule has 1 atom stereocenters. The van der Waals surface area contributed by atoms with Gasteiger partial charge in [-0.05, 0) is 30.2 Å². The molecule has 2 fully saturated rings. The summed E-state index contributed by atoms with van der Waals surface area (Å²) in [6.07, 6.45) is 4.74. The third-order valence-electron chi connectivity index (χ3n) is 4.71. The van der Waals surface area contributed by atoms with Crippen molar-refractivity contribution in [3.05, 3.63) is 35.9 Å². The molecule has 2 N–H and O–H groups in total. The molecule has 1 aliphatic carbocycles. The Morgan fingerprint density at radius 1 is 1.33 bits per heavy atom. The van der Waals surface area contributed by atoms with Gasteiger partial charge < -0.3 is 15.4 Å². The van der Waals surface area contributed by atoms with Crippen molar-refractivity contribution >= 4 is 5.91 Å². The van der Waals surface area contributed by atoms with E-state index in [4.69, 9.17) is 4.74 Å². The Kier molecular flexibility index (Phi) is 4.56. The van der Waals surface area contributed by atoms with Crippen molar-refractivity contribution in [2.75, 3.05) is 26.3 Å². The molecule has 0 bridgehead atoms. The Bertz CT molecular complexity index is 465. The Balaban J connectivity index is 1.53. The number of ether oxygens (including phenoxy) is 1. The summed E-state index contributed by atoms with van der Waals surface area (Å²) in [5.74, 6) is 0.0778. The molecule has 1 aromatic carbocycles. The largest absolute Gasteiger partial charge is 0.378 e. The fourth-order valence-electron chi connectivity index (χ4n) is 3.25. The summed E-state index contributed by atoms with van der Waals surface area (Å²) in [4.78, 5) is 12.2. The summed E-state index contributed by atoms with van der Waals surface area (Å²) >= 11 is 0. The summed E-state index contributed by atoms with van der Waals surface area (Å²) in [6.45, 7) is 2.71. The second-order valence-electron chi connectivity index (χ2n) is 6.32. The van der Waals surface area contributed by atoms with Crippen LogP contribution in [0.15, 0.2) is 30.3 Å². The van der Waals surface area contributed by atoms with Crippen molar-refractivity contribution in [2.24, 2.45) is 5.41 Å². The molecule has 0 radical (unpaired) electrons. The zero-order chi connectivity index (χ0) is 14.5. The normalized spacial score (nSPS) is 24.1. The van der Waals surface area contributed by atoms with Crippen LogP contribution in [0.2, 0.25) is 0 Å². The first kappa shape index (κ1) is 14.5. The van der Waals surface area contributed by atoms with Gasteiger partial charge in [0.15, 0.2) is 0 Å². The Labute approximate surface area is 126 Å². The zero-order valence-corrected chi connectivity index (χ0v) is 12.4.